The first-order valence-electron chi connectivity index (χ1n) is 19.2. The maximum atomic E-state index is 14.4. The second-order valence-electron chi connectivity index (χ2n) is 17.4. The number of carbonyl (C=O) groups excluding carboxylic acids is 2. The summed E-state index contributed by atoms with van der Waals surface area (Å²) in [5.41, 5.74) is -3.46. The first-order valence-corrected chi connectivity index (χ1v) is 21.7. The number of aliphatic hydroxyl groups is 2. The summed E-state index contributed by atoms with van der Waals surface area (Å²) in [4.78, 5) is 28.2. The third-order valence-corrected chi connectivity index (χ3v) is 18.7. The van der Waals surface area contributed by atoms with Crippen LogP contribution >= 0.6 is 0 Å². The molecule has 4 aliphatic carbocycles. The molecule has 51 heavy (non-hydrogen) atoms. The maximum absolute atomic E-state index is 14.4. The number of rotatable bonds is 9. The molecule has 2 N–H and O–H groups in total. The Bertz CT molecular complexity index is 1560. The summed E-state index contributed by atoms with van der Waals surface area (Å²) in [5.74, 6) is -3.02. The Labute approximate surface area is 303 Å². The molecule has 2 saturated heterocycles. The number of esters is 2. The molecule has 9 unspecified atom stereocenters. The number of benzene rings is 1. The van der Waals surface area contributed by atoms with Crippen LogP contribution in [-0.4, -0.2) is 90.7 Å². The minimum absolute atomic E-state index is 0.0722. The van der Waals surface area contributed by atoms with Crippen molar-refractivity contribution in [1.29, 1.82) is 0 Å². The van der Waals surface area contributed by atoms with Crippen LogP contribution in [0.4, 0.5) is 0 Å². The molecule has 11 heteroatoms. The van der Waals surface area contributed by atoms with Crippen LogP contribution in [0.3, 0.4) is 0 Å². The van der Waals surface area contributed by atoms with E-state index in [1.165, 1.54) is 0 Å². The van der Waals surface area contributed by atoms with Gasteiger partial charge in [0.25, 0.3) is 0 Å². The van der Waals surface area contributed by atoms with Gasteiger partial charge < -0.3 is 38.3 Å². The number of hydrogen-bond donors (Lipinski definition) is 2. The van der Waals surface area contributed by atoms with E-state index in [0.717, 1.165) is 36.5 Å². The van der Waals surface area contributed by atoms with Crippen molar-refractivity contribution >= 4 is 20.3 Å². The molecule has 2 aliphatic heterocycles. The number of fused-ring (bicyclic) bond motifs is 8. The summed E-state index contributed by atoms with van der Waals surface area (Å²) in [5, 5.41) is 25.4. The first kappa shape index (κ1) is 37.2. The Kier molecular flexibility index (Phi) is 9.09. The van der Waals surface area contributed by atoms with Gasteiger partial charge in [0, 0.05) is 23.7 Å². The fourth-order valence-corrected chi connectivity index (χ4v) is 13.5. The van der Waals surface area contributed by atoms with Gasteiger partial charge in [-0.1, -0.05) is 59.7 Å². The number of carbonyl (C=O) groups is 2. The van der Waals surface area contributed by atoms with Gasteiger partial charge in [-0.25, -0.2) is 4.79 Å². The summed E-state index contributed by atoms with van der Waals surface area (Å²) in [7, 11) is -2.32. The van der Waals surface area contributed by atoms with E-state index in [2.05, 4.69) is 27.7 Å². The largest absolute Gasteiger partial charge is 0.455 e. The Hall–Kier alpha value is -2.12. The third kappa shape index (κ3) is 5.46. The minimum Gasteiger partial charge on any atom is -0.455 e. The van der Waals surface area contributed by atoms with Crippen LogP contribution in [0.2, 0.25) is 18.1 Å². The Morgan fingerprint density at radius 3 is 2.20 bits per heavy atom. The summed E-state index contributed by atoms with van der Waals surface area (Å²) in [6, 6.07) is 11.5. The number of hydrogen-bond acceptors (Lipinski definition) is 10. The zero-order chi connectivity index (χ0) is 36.9. The highest BCUT2D eigenvalue weighted by Gasteiger charge is 2.80. The van der Waals surface area contributed by atoms with Gasteiger partial charge in [0.1, 0.15) is 23.9 Å². The number of ether oxygens (including phenoxy) is 5. The summed E-state index contributed by atoms with van der Waals surface area (Å²) >= 11 is 0. The fourth-order valence-electron chi connectivity index (χ4n) is 10.6. The molecule has 6 aliphatic rings. The maximum Gasteiger partial charge on any atom is 0.338 e. The van der Waals surface area contributed by atoms with Crippen molar-refractivity contribution in [2.24, 2.45) is 22.7 Å². The van der Waals surface area contributed by atoms with Crippen molar-refractivity contribution in [3.8, 4) is 0 Å². The van der Waals surface area contributed by atoms with E-state index >= 15 is 0 Å². The monoisotopic (exact) mass is 726 g/mol. The van der Waals surface area contributed by atoms with E-state index in [-0.39, 0.29) is 24.9 Å². The van der Waals surface area contributed by atoms with Gasteiger partial charge in [-0.15, -0.1) is 0 Å². The molecule has 0 spiro atoms. The van der Waals surface area contributed by atoms with Gasteiger partial charge in [-0.05, 0) is 75.0 Å². The molecule has 2 bridgehead atoms. The first-order chi connectivity index (χ1) is 23.9. The zero-order valence-electron chi connectivity index (χ0n) is 31.8. The van der Waals surface area contributed by atoms with E-state index in [9.17, 15) is 19.8 Å². The Morgan fingerprint density at radius 2 is 1.63 bits per heavy atom. The molecule has 1 aromatic rings. The van der Waals surface area contributed by atoms with Gasteiger partial charge in [0.05, 0.1) is 42.3 Å². The second kappa shape index (κ2) is 12.5. The van der Waals surface area contributed by atoms with Gasteiger partial charge in [0.15, 0.2) is 19.7 Å². The highest BCUT2D eigenvalue weighted by Crippen LogP contribution is 2.68. The lowest BCUT2D eigenvalue weighted by Gasteiger charge is -2.69. The Morgan fingerprint density at radius 1 is 0.980 bits per heavy atom. The van der Waals surface area contributed by atoms with Crippen molar-refractivity contribution in [1.82, 2.24) is 0 Å². The Balaban J connectivity index is 1.53. The molecule has 10 atom stereocenters. The lowest BCUT2D eigenvalue weighted by molar-refractivity contribution is -0.362. The van der Waals surface area contributed by atoms with Crippen LogP contribution in [0, 0.1) is 22.7 Å². The highest BCUT2D eigenvalue weighted by atomic mass is 28.4. The lowest BCUT2D eigenvalue weighted by Crippen LogP contribution is -2.82. The van der Waals surface area contributed by atoms with Crippen LogP contribution in [-0.2, 0) is 32.9 Å². The molecule has 0 radical (unpaired) electrons. The van der Waals surface area contributed by atoms with Crippen LogP contribution in [0.5, 0.6) is 0 Å². The summed E-state index contributed by atoms with van der Waals surface area (Å²) < 4.78 is 41.3. The van der Waals surface area contributed by atoms with Crippen molar-refractivity contribution in [3.63, 3.8) is 0 Å². The van der Waals surface area contributed by atoms with Crippen molar-refractivity contribution in [2.75, 3.05) is 6.61 Å². The zero-order valence-corrected chi connectivity index (χ0v) is 32.8. The molecular weight excluding hydrogens is 669 g/mol. The van der Waals surface area contributed by atoms with Crippen molar-refractivity contribution in [3.05, 3.63) is 47.0 Å². The summed E-state index contributed by atoms with van der Waals surface area (Å²) in [6.45, 7) is 18.3. The summed E-state index contributed by atoms with van der Waals surface area (Å²) in [6.07, 6.45) is -2.90. The van der Waals surface area contributed by atoms with E-state index in [1.54, 1.807) is 24.3 Å². The van der Waals surface area contributed by atoms with Gasteiger partial charge in [0.2, 0.25) is 0 Å². The van der Waals surface area contributed by atoms with Crippen molar-refractivity contribution < 1.29 is 47.9 Å². The predicted molar refractivity (Wildman–Crippen MR) is 191 cm³/mol. The molecule has 282 valence electrons. The van der Waals surface area contributed by atoms with E-state index in [0.29, 0.717) is 17.6 Å². The molecule has 0 aromatic heterocycles. The topological polar surface area (TPSA) is 130 Å². The molecule has 1 aromatic carbocycles. The van der Waals surface area contributed by atoms with Crippen LogP contribution in [0.1, 0.15) is 98.4 Å². The van der Waals surface area contributed by atoms with Crippen LogP contribution in [0.15, 0.2) is 41.5 Å². The lowest BCUT2D eigenvalue weighted by atomic mass is 9.44. The normalized spacial score (nSPS) is 40.9. The SMILES string of the molecule is CC[Si](CC)(CC)OC1CC2OCC2(OC(=O)C2CC2)C2C(OC(=O)c3ccccc3)C3(O)CC(O)C(C)=C(C4OC(C)(C)OC4[C@]12C)C3(C)C. The second-order valence-corrected chi connectivity index (χ2v) is 22.1. The van der Waals surface area contributed by atoms with Gasteiger partial charge in [-0.3, -0.25) is 4.79 Å². The number of aliphatic hydroxyl groups excluding tert-OH is 1. The standard InChI is InChI=1S/C40H58O10Si/c1-10-51(11-2,12-3)50-27-20-28-39(22-45-28,49-35(43)25-18-19-25)31-33(46-34(42)24-16-14-13-15-17-24)40(44)21-26(41)23(4)29(36(40,5)6)30-32(38(27,31)9)48-37(7,8)47-30/h13-17,25-28,30-33,41,44H,10-12,18-22H2,1-9H3/t26?,27?,28?,30?,31?,32?,33?,38-,39?,40?/m1/s1. The molecule has 10 nitrogen and oxygen atoms in total. The van der Waals surface area contributed by atoms with Crippen molar-refractivity contribution in [2.45, 2.75) is 160 Å². The fraction of sp³-hybridized carbons (Fsp3) is 0.750. The van der Waals surface area contributed by atoms with E-state index in [1.807, 2.05) is 40.7 Å². The van der Waals surface area contributed by atoms with Gasteiger partial charge >= 0.3 is 11.9 Å². The van der Waals surface area contributed by atoms with Crippen LogP contribution < -0.4 is 0 Å². The minimum atomic E-state index is -2.32. The average molecular weight is 727 g/mol. The molecule has 3 saturated carbocycles. The predicted octanol–water partition coefficient (Wildman–Crippen LogP) is 6.09. The average Bonchev–Trinajstić information content (AvgIpc) is 3.89. The molecular formula is C40H58O10Si. The molecule has 7 rings (SSSR count). The molecule has 5 fully saturated rings. The van der Waals surface area contributed by atoms with E-state index in [4.69, 9.17) is 28.1 Å². The van der Waals surface area contributed by atoms with Crippen LogP contribution in [0.25, 0.3) is 0 Å². The molecule has 2 heterocycles. The van der Waals surface area contributed by atoms with E-state index < -0.39 is 84.6 Å². The highest BCUT2D eigenvalue weighted by molar-refractivity contribution is 6.73. The third-order valence-electron chi connectivity index (χ3n) is 14.1. The van der Waals surface area contributed by atoms with Gasteiger partial charge in [-0.2, -0.15) is 0 Å². The molecule has 0 amide bonds. The quantitative estimate of drug-likeness (QED) is 0.175. The smallest absolute Gasteiger partial charge is 0.338 e.